The molecule has 4 heterocycles. The largest absolute Gasteiger partial charge is 0.504 e. The number of carbonyl (C=O) groups is 8. The van der Waals surface area contributed by atoms with E-state index in [0.29, 0.717) is 12.2 Å². The average Bonchev–Trinajstić information content (AvgIpc) is 2.99. The van der Waals surface area contributed by atoms with Crippen molar-refractivity contribution in [3.63, 3.8) is 0 Å². The number of benzene rings is 3. The molecule has 1 aromatic heterocycles. The molecule has 13 atom stereocenters. The van der Waals surface area contributed by atoms with Gasteiger partial charge in [0, 0.05) is 62.1 Å². The van der Waals surface area contributed by atoms with Crippen molar-refractivity contribution in [2.24, 2.45) is 11.7 Å². The van der Waals surface area contributed by atoms with E-state index < -0.39 is 165 Å². The maximum Gasteiger partial charge on any atom is 0.251 e. The number of phenols is 1. The number of ether oxygens (including phenoxy) is 2. The van der Waals surface area contributed by atoms with Crippen molar-refractivity contribution < 1.29 is 83.6 Å². The molecule has 0 aliphatic carbocycles. The van der Waals surface area contributed by atoms with Gasteiger partial charge in [0.05, 0.1) is 61.1 Å². The van der Waals surface area contributed by atoms with Gasteiger partial charge in [-0.15, -0.1) is 11.3 Å². The van der Waals surface area contributed by atoms with Gasteiger partial charge in [-0.3, -0.25) is 38.4 Å². The number of thiazole rings is 1. The summed E-state index contributed by atoms with van der Waals surface area (Å²) in [5.74, 6) is -9.42. The van der Waals surface area contributed by atoms with Crippen LogP contribution >= 0.6 is 11.3 Å². The third-order valence-corrected chi connectivity index (χ3v) is 16.1. The number of rotatable bonds is 18. The number of aromatic hydroxyl groups is 1. The molecule has 0 unspecified atom stereocenters. The van der Waals surface area contributed by atoms with Crippen LogP contribution in [0.4, 0.5) is 0 Å². The molecule has 0 radical (unpaired) electrons. The molecule has 0 bridgehead atoms. The molecule has 460 valence electrons. The molecular formula is C58H75N9O17S. The van der Waals surface area contributed by atoms with Crippen LogP contribution in [0, 0.1) is 5.92 Å². The Balaban J connectivity index is 1.19. The predicted molar refractivity (Wildman–Crippen MR) is 306 cm³/mol. The van der Waals surface area contributed by atoms with E-state index in [1.54, 1.807) is 25.3 Å². The first kappa shape index (κ1) is 64.8. The number of carbonyl (C=O) groups excluding carboxylic acids is 8. The fraction of sp³-hybridized carbons (Fsp3) is 0.500. The number of nitrogens with one attached hydrogen (secondary N) is 5. The standard InChI is InChI=1S/C58H75N9O17S/c1-5-7-8-19-84-37-16-14-34(15-17-37)56-61-26-44(85-56)32-10-12-33(13-11-32)51(76)62-38-22-35(69)25-60-55(80)49-50(75)29(3)27-67(49)58(82)48(42(73)24-45(59)74)65-54(79)47(41(72)20-31-9-18-40(71)43(21-31)83-6-2)64-53(78)39-23-36(70)28-66(39)57(81)46(30(4)68)63-52(38)77/h9-18,21,26,29-30,35-36,38-39,41-42,46-50,68-73,75H,5-8,19-20,22-25,27-28H2,1-4H3,(H2,59,74)(H,60,80)(H,62,76)(H,63,77)(H,64,78)(H,65,79)/t29-,30+,35+,36+,38-,39-,41+,42+,46-,47-,48-,49-,50-/m0/s1. The number of aliphatic hydroxyl groups excluding tert-OH is 6. The zero-order valence-electron chi connectivity index (χ0n) is 47.5. The van der Waals surface area contributed by atoms with Crippen LogP contribution in [0.25, 0.3) is 21.0 Å². The summed E-state index contributed by atoms with van der Waals surface area (Å²) >= 11 is 1.41. The van der Waals surface area contributed by atoms with Crippen LogP contribution < -0.4 is 41.8 Å². The summed E-state index contributed by atoms with van der Waals surface area (Å²) in [6.45, 7) is 5.53. The molecule has 3 saturated heterocycles. The monoisotopic (exact) mass is 1200 g/mol. The number of amides is 8. The van der Waals surface area contributed by atoms with E-state index in [4.69, 9.17) is 15.2 Å². The Morgan fingerprint density at radius 2 is 1.45 bits per heavy atom. The molecule has 27 heteroatoms. The lowest BCUT2D eigenvalue weighted by Gasteiger charge is -2.33. The molecular weight excluding hydrogens is 1130 g/mol. The minimum atomic E-state index is -2.16. The lowest BCUT2D eigenvalue weighted by atomic mass is 9.98. The Labute approximate surface area is 494 Å². The van der Waals surface area contributed by atoms with Crippen LogP contribution in [-0.4, -0.2) is 204 Å². The van der Waals surface area contributed by atoms with Gasteiger partial charge in [-0.25, -0.2) is 4.98 Å². The maximum atomic E-state index is 14.7. The lowest BCUT2D eigenvalue weighted by molar-refractivity contribution is -0.147. The van der Waals surface area contributed by atoms with E-state index in [1.807, 2.05) is 24.3 Å². The molecule has 26 nitrogen and oxygen atoms in total. The van der Waals surface area contributed by atoms with Gasteiger partial charge in [-0.1, -0.05) is 44.9 Å². The first-order valence-electron chi connectivity index (χ1n) is 28.2. The smallest absolute Gasteiger partial charge is 0.251 e. The summed E-state index contributed by atoms with van der Waals surface area (Å²) < 4.78 is 11.3. The molecule has 3 fully saturated rings. The van der Waals surface area contributed by atoms with Gasteiger partial charge in [0.1, 0.15) is 47.0 Å². The lowest BCUT2D eigenvalue weighted by Crippen LogP contribution is -2.64. The molecule has 14 N–H and O–H groups in total. The quantitative estimate of drug-likeness (QED) is 0.0530. The second-order valence-corrected chi connectivity index (χ2v) is 22.6. The van der Waals surface area contributed by atoms with Gasteiger partial charge in [-0.05, 0) is 79.9 Å². The van der Waals surface area contributed by atoms with E-state index in [9.17, 15) is 74.1 Å². The van der Waals surface area contributed by atoms with Crippen LogP contribution in [0.3, 0.4) is 0 Å². The molecule has 0 spiro atoms. The summed E-state index contributed by atoms with van der Waals surface area (Å²) in [4.78, 5) is 120. The molecule has 3 aromatic carbocycles. The number of fused-ring (bicyclic) bond motifs is 2. The van der Waals surface area contributed by atoms with E-state index in [-0.39, 0.29) is 35.8 Å². The third-order valence-electron chi connectivity index (χ3n) is 15.0. The minimum absolute atomic E-state index is 0.0000202. The van der Waals surface area contributed by atoms with Crippen molar-refractivity contribution in [3.05, 3.63) is 84.1 Å². The number of hydrogen-bond donors (Lipinski definition) is 13. The van der Waals surface area contributed by atoms with Gasteiger partial charge in [0.2, 0.25) is 41.4 Å². The Kier molecular flexibility index (Phi) is 22.4. The zero-order chi connectivity index (χ0) is 61.8. The molecule has 85 heavy (non-hydrogen) atoms. The summed E-state index contributed by atoms with van der Waals surface area (Å²) in [6.07, 6.45) is -8.27. The fourth-order valence-corrected chi connectivity index (χ4v) is 11.3. The number of aromatic nitrogens is 1. The van der Waals surface area contributed by atoms with Crippen molar-refractivity contribution in [1.29, 1.82) is 0 Å². The number of primary amides is 1. The Morgan fingerprint density at radius 3 is 2.12 bits per heavy atom. The number of aliphatic hydroxyl groups is 6. The number of β-amino-alcohol motifs (C(OH)–C–C–N with tert-alkyl or cyclic N) is 1. The van der Waals surface area contributed by atoms with Crippen LogP contribution in [0.1, 0.15) is 82.1 Å². The number of unbranched alkanes of at least 4 members (excludes halogenated alkanes) is 2. The van der Waals surface area contributed by atoms with Crippen LogP contribution in [0.5, 0.6) is 17.2 Å². The van der Waals surface area contributed by atoms with Gasteiger partial charge < -0.3 is 87.3 Å². The molecule has 7 rings (SSSR count). The highest BCUT2D eigenvalue weighted by molar-refractivity contribution is 7.18. The summed E-state index contributed by atoms with van der Waals surface area (Å²) in [6, 6.07) is 6.49. The van der Waals surface area contributed by atoms with Crippen molar-refractivity contribution in [2.75, 3.05) is 32.8 Å². The summed E-state index contributed by atoms with van der Waals surface area (Å²) in [5.41, 5.74) is 7.29. The highest BCUT2D eigenvalue weighted by Crippen LogP contribution is 2.34. The van der Waals surface area contributed by atoms with Gasteiger partial charge in [0.15, 0.2) is 11.5 Å². The second kappa shape index (κ2) is 29.3. The highest BCUT2D eigenvalue weighted by atomic mass is 32.1. The van der Waals surface area contributed by atoms with Crippen molar-refractivity contribution in [1.82, 2.24) is 41.4 Å². The molecule has 4 aromatic rings. The van der Waals surface area contributed by atoms with E-state index in [2.05, 4.69) is 38.5 Å². The molecule has 3 aliphatic rings. The third kappa shape index (κ3) is 16.4. The molecule has 8 amide bonds. The number of hydrogen-bond acceptors (Lipinski definition) is 19. The van der Waals surface area contributed by atoms with E-state index in [0.717, 1.165) is 57.2 Å². The Hall–Kier alpha value is -7.79. The number of phenolic OH excluding ortho intramolecular Hbond substituents is 1. The van der Waals surface area contributed by atoms with E-state index in [1.165, 1.54) is 48.6 Å². The normalized spacial score (nSPS) is 25.7. The van der Waals surface area contributed by atoms with Crippen LogP contribution in [0.15, 0.2) is 72.9 Å². The molecule has 0 saturated carbocycles. The van der Waals surface area contributed by atoms with Crippen molar-refractivity contribution >= 4 is 58.6 Å². The zero-order valence-corrected chi connectivity index (χ0v) is 48.3. The first-order chi connectivity index (χ1) is 40.5. The Bertz CT molecular complexity index is 3020. The van der Waals surface area contributed by atoms with E-state index >= 15 is 0 Å². The maximum absolute atomic E-state index is 14.7. The Morgan fingerprint density at radius 1 is 0.776 bits per heavy atom. The van der Waals surface area contributed by atoms with Crippen molar-refractivity contribution in [2.45, 2.75) is 146 Å². The molecule has 3 aliphatic heterocycles. The second-order valence-electron chi connectivity index (χ2n) is 21.6. The van der Waals surface area contributed by atoms with Gasteiger partial charge in [0.25, 0.3) is 5.91 Å². The number of nitrogens with two attached hydrogens (primary N) is 1. The predicted octanol–water partition coefficient (Wildman–Crippen LogP) is -1.03. The SMILES string of the molecule is CCCCCOc1ccc(-c2ncc(-c3ccc(C(=O)N[C@H]4C[C@@H](O)CNC(=O)[C@@H]5[C@@H](O)[C@@H](C)CN5C(=O)[C@H]([C@H](O)CC(N)=O)NC(=O)[C@H]([C@H](O)Cc5ccc(O)c(OCC)c5)NC(=O)[C@@H]5C[C@@H](O)CN5C(=O)[C@H]([C@@H](C)O)NC4=O)cc3)s2)cc1. The minimum Gasteiger partial charge on any atom is -0.504 e. The average molecular weight is 1200 g/mol. The summed E-state index contributed by atoms with van der Waals surface area (Å²) in [7, 11) is 0. The first-order valence-corrected chi connectivity index (χ1v) is 29.0. The van der Waals surface area contributed by atoms with Gasteiger partial charge in [-0.2, -0.15) is 0 Å². The van der Waals surface area contributed by atoms with Crippen LogP contribution in [-0.2, 0) is 40.0 Å². The summed E-state index contributed by atoms with van der Waals surface area (Å²) in [5, 5.41) is 91.4. The van der Waals surface area contributed by atoms with Crippen molar-refractivity contribution in [3.8, 4) is 38.3 Å². The highest BCUT2D eigenvalue weighted by Gasteiger charge is 2.50. The van der Waals surface area contributed by atoms with Gasteiger partial charge >= 0.3 is 0 Å². The van der Waals surface area contributed by atoms with Crippen LogP contribution in [0.2, 0.25) is 0 Å². The topological polar surface area (TPSA) is 402 Å². The number of nitrogens with zero attached hydrogens (tertiary/aromatic N) is 3. The fourth-order valence-electron chi connectivity index (χ4n) is 10.4.